The van der Waals surface area contributed by atoms with Gasteiger partial charge in [0, 0.05) is 23.4 Å². The van der Waals surface area contributed by atoms with E-state index in [2.05, 4.69) is 23.6 Å². The molecule has 1 aromatic heterocycles. The molecular formula is C12H20N2O3S. The quantitative estimate of drug-likeness (QED) is 0.696. The summed E-state index contributed by atoms with van der Waals surface area (Å²) in [4.78, 5) is 13.9. The van der Waals surface area contributed by atoms with E-state index in [1.165, 1.54) is 12.0 Å². The molecule has 1 atom stereocenters. The number of hydrogen-bond donors (Lipinski definition) is 3. The topological polar surface area (TPSA) is 70.6 Å². The molecule has 1 unspecified atom stereocenters. The molecule has 6 heteroatoms. The van der Waals surface area contributed by atoms with Crippen LogP contribution in [0.3, 0.4) is 0 Å². The normalized spacial score (nSPS) is 12.2. The van der Waals surface area contributed by atoms with Crippen LogP contribution in [0.4, 0.5) is 4.79 Å². The molecule has 0 aliphatic carbocycles. The molecule has 2 amide bonds. The number of methoxy groups -OCH3 is 1. The number of hydrogen-bond acceptors (Lipinski definition) is 4. The van der Waals surface area contributed by atoms with Crippen LogP contribution in [0.1, 0.15) is 16.7 Å². The lowest BCUT2D eigenvalue weighted by atomic mass is 10.3. The number of carbonyl (C=O) groups excluding carboxylic acids is 1. The summed E-state index contributed by atoms with van der Waals surface area (Å²) in [7, 11) is 1.51. The van der Waals surface area contributed by atoms with Gasteiger partial charge in [-0.15, -0.1) is 11.3 Å². The average molecular weight is 272 g/mol. The largest absolute Gasteiger partial charge is 0.389 e. The van der Waals surface area contributed by atoms with Crippen LogP contribution in [0.25, 0.3) is 0 Å². The fourth-order valence-electron chi connectivity index (χ4n) is 1.40. The lowest BCUT2D eigenvalue weighted by molar-refractivity contribution is 0.0660. The summed E-state index contributed by atoms with van der Waals surface area (Å²) in [5, 5.41) is 14.7. The molecule has 0 aromatic carbocycles. The number of carbonyl (C=O) groups is 1. The number of urea groups is 1. The minimum absolute atomic E-state index is 0.185. The second kappa shape index (κ2) is 8.07. The smallest absolute Gasteiger partial charge is 0.315 e. The van der Waals surface area contributed by atoms with Gasteiger partial charge in [-0.05, 0) is 18.6 Å². The fourth-order valence-corrected chi connectivity index (χ4v) is 2.30. The summed E-state index contributed by atoms with van der Waals surface area (Å²) in [6.07, 6.45) is 0.342. The Hall–Kier alpha value is -1.11. The van der Waals surface area contributed by atoms with E-state index < -0.39 is 6.10 Å². The van der Waals surface area contributed by atoms with Gasteiger partial charge in [-0.2, -0.15) is 0 Å². The predicted molar refractivity (Wildman–Crippen MR) is 71.8 cm³/mol. The van der Waals surface area contributed by atoms with Crippen molar-refractivity contribution in [1.29, 1.82) is 0 Å². The molecule has 0 saturated heterocycles. The number of nitrogens with one attached hydrogen (secondary N) is 2. The van der Waals surface area contributed by atoms with E-state index in [1.807, 2.05) is 6.07 Å². The van der Waals surface area contributed by atoms with Crippen molar-refractivity contribution in [3.8, 4) is 0 Å². The molecule has 0 spiro atoms. The molecule has 0 aliphatic rings. The molecule has 0 bridgehead atoms. The molecule has 1 heterocycles. The SMILES string of the molecule is CCc1ccc(CNC(=O)NCC(O)COC)s1. The van der Waals surface area contributed by atoms with Crippen molar-refractivity contribution in [3.05, 3.63) is 21.9 Å². The second-order valence-electron chi connectivity index (χ2n) is 3.89. The summed E-state index contributed by atoms with van der Waals surface area (Å²) in [6, 6.07) is 3.81. The van der Waals surface area contributed by atoms with E-state index in [0.717, 1.165) is 11.3 Å². The maximum absolute atomic E-state index is 11.4. The number of aryl methyl sites for hydroxylation is 1. The third-order valence-electron chi connectivity index (χ3n) is 2.35. The van der Waals surface area contributed by atoms with Gasteiger partial charge >= 0.3 is 6.03 Å². The highest BCUT2D eigenvalue weighted by Crippen LogP contribution is 2.16. The zero-order chi connectivity index (χ0) is 13.4. The number of thiophene rings is 1. The van der Waals surface area contributed by atoms with E-state index in [1.54, 1.807) is 11.3 Å². The molecule has 1 rings (SSSR count). The zero-order valence-electron chi connectivity index (χ0n) is 10.7. The molecule has 18 heavy (non-hydrogen) atoms. The lowest BCUT2D eigenvalue weighted by Crippen LogP contribution is -2.40. The Morgan fingerprint density at radius 1 is 1.44 bits per heavy atom. The van der Waals surface area contributed by atoms with Crippen molar-refractivity contribution in [2.24, 2.45) is 0 Å². The Kier molecular flexibility index (Phi) is 6.70. The van der Waals surface area contributed by atoms with Gasteiger partial charge < -0.3 is 20.5 Å². The first-order valence-corrected chi connectivity index (χ1v) is 6.73. The second-order valence-corrected chi connectivity index (χ2v) is 5.15. The number of aliphatic hydroxyl groups excluding tert-OH is 1. The Morgan fingerprint density at radius 2 is 2.17 bits per heavy atom. The summed E-state index contributed by atoms with van der Waals surface area (Å²) < 4.78 is 4.76. The maximum atomic E-state index is 11.4. The van der Waals surface area contributed by atoms with Crippen LogP contribution < -0.4 is 10.6 Å². The van der Waals surface area contributed by atoms with Gasteiger partial charge in [0.05, 0.1) is 19.3 Å². The van der Waals surface area contributed by atoms with Crippen LogP contribution in [0.2, 0.25) is 0 Å². The van der Waals surface area contributed by atoms with Gasteiger partial charge in [-0.25, -0.2) is 4.79 Å². The molecular weight excluding hydrogens is 252 g/mol. The Bertz CT molecular complexity index is 368. The van der Waals surface area contributed by atoms with Crippen LogP contribution in [0, 0.1) is 0 Å². The van der Waals surface area contributed by atoms with E-state index in [9.17, 15) is 9.90 Å². The van der Waals surface area contributed by atoms with Crippen LogP contribution in [-0.2, 0) is 17.7 Å². The molecule has 0 aliphatic heterocycles. The number of aliphatic hydroxyl groups is 1. The van der Waals surface area contributed by atoms with Gasteiger partial charge in [0.25, 0.3) is 0 Å². The molecule has 102 valence electrons. The van der Waals surface area contributed by atoms with E-state index >= 15 is 0 Å². The van der Waals surface area contributed by atoms with Gasteiger partial charge in [0.1, 0.15) is 0 Å². The van der Waals surface area contributed by atoms with Crippen molar-refractivity contribution < 1.29 is 14.6 Å². The summed E-state index contributed by atoms with van der Waals surface area (Å²) in [6.45, 7) is 3.01. The summed E-state index contributed by atoms with van der Waals surface area (Å²) in [5.74, 6) is 0. The monoisotopic (exact) mass is 272 g/mol. The maximum Gasteiger partial charge on any atom is 0.315 e. The van der Waals surface area contributed by atoms with E-state index in [0.29, 0.717) is 6.54 Å². The lowest BCUT2D eigenvalue weighted by Gasteiger charge is -2.11. The van der Waals surface area contributed by atoms with Gasteiger partial charge in [0.15, 0.2) is 0 Å². The number of rotatable bonds is 7. The predicted octanol–water partition coefficient (Wildman–Crippen LogP) is 1.12. The fraction of sp³-hybridized carbons (Fsp3) is 0.583. The highest BCUT2D eigenvalue weighted by molar-refractivity contribution is 7.11. The molecule has 0 saturated carbocycles. The van der Waals surface area contributed by atoms with Crippen molar-refractivity contribution in [3.63, 3.8) is 0 Å². The Balaban J connectivity index is 2.20. The standard InChI is InChI=1S/C12H20N2O3S/c1-3-10-4-5-11(18-10)7-14-12(16)13-6-9(15)8-17-2/h4-5,9,15H,3,6-8H2,1-2H3,(H2,13,14,16). The number of ether oxygens (including phenoxy) is 1. The van der Waals surface area contributed by atoms with Crippen molar-refractivity contribution in [1.82, 2.24) is 10.6 Å². The molecule has 3 N–H and O–H groups in total. The first-order valence-electron chi connectivity index (χ1n) is 5.92. The van der Waals surface area contributed by atoms with Crippen LogP contribution in [0.15, 0.2) is 12.1 Å². The molecule has 0 radical (unpaired) electrons. The first-order chi connectivity index (χ1) is 8.65. The zero-order valence-corrected chi connectivity index (χ0v) is 11.5. The minimum Gasteiger partial charge on any atom is -0.389 e. The van der Waals surface area contributed by atoms with Crippen molar-refractivity contribution in [2.45, 2.75) is 26.0 Å². The van der Waals surface area contributed by atoms with E-state index in [-0.39, 0.29) is 19.2 Å². The molecule has 5 nitrogen and oxygen atoms in total. The Labute approximate surface area is 111 Å². The first kappa shape index (κ1) is 14.9. The van der Waals surface area contributed by atoms with Crippen molar-refractivity contribution >= 4 is 17.4 Å². The van der Waals surface area contributed by atoms with Crippen molar-refractivity contribution in [2.75, 3.05) is 20.3 Å². The summed E-state index contributed by atoms with van der Waals surface area (Å²) in [5.41, 5.74) is 0. The number of amides is 2. The molecule has 0 fully saturated rings. The highest BCUT2D eigenvalue weighted by atomic mass is 32.1. The third kappa shape index (κ3) is 5.48. The van der Waals surface area contributed by atoms with Crippen LogP contribution >= 0.6 is 11.3 Å². The Morgan fingerprint density at radius 3 is 2.78 bits per heavy atom. The highest BCUT2D eigenvalue weighted by Gasteiger charge is 2.06. The van der Waals surface area contributed by atoms with Gasteiger partial charge in [-0.1, -0.05) is 6.92 Å². The minimum atomic E-state index is -0.672. The summed E-state index contributed by atoms with van der Waals surface area (Å²) >= 11 is 1.70. The third-order valence-corrected chi connectivity index (χ3v) is 3.58. The van der Waals surface area contributed by atoms with Crippen LogP contribution in [0.5, 0.6) is 0 Å². The average Bonchev–Trinajstić information content (AvgIpc) is 2.82. The van der Waals surface area contributed by atoms with Crippen LogP contribution in [-0.4, -0.2) is 37.5 Å². The van der Waals surface area contributed by atoms with Gasteiger partial charge in [-0.3, -0.25) is 0 Å². The van der Waals surface area contributed by atoms with Gasteiger partial charge in [0.2, 0.25) is 0 Å². The molecule has 1 aromatic rings. The van der Waals surface area contributed by atoms with E-state index in [4.69, 9.17) is 4.74 Å².